The molecule has 0 saturated carbocycles. The van der Waals surface area contributed by atoms with Gasteiger partial charge in [0.2, 0.25) is 0 Å². The van der Waals surface area contributed by atoms with Gasteiger partial charge in [-0.25, -0.2) is 4.39 Å². The van der Waals surface area contributed by atoms with Crippen LogP contribution in [0.25, 0.3) is 0 Å². The highest BCUT2D eigenvalue weighted by molar-refractivity contribution is 9.10. The number of rotatable bonds is 4. The van der Waals surface area contributed by atoms with E-state index in [0.29, 0.717) is 0 Å². The lowest BCUT2D eigenvalue weighted by Crippen LogP contribution is -2.45. The topological polar surface area (TPSA) is 26.7 Å². The van der Waals surface area contributed by atoms with Crippen LogP contribution in [-0.2, 0) is 13.2 Å². The predicted molar refractivity (Wildman–Crippen MR) is 94.0 cm³/mol. The molecule has 23 heavy (non-hydrogen) atoms. The molecular weight excluding hydrogens is 359 g/mol. The zero-order chi connectivity index (χ0) is 16.2. The van der Waals surface area contributed by atoms with Crippen LogP contribution in [0, 0.1) is 5.82 Å². The van der Waals surface area contributed by atoms with Crippen molar-refractivity contribution in [3.8, 4) is 0 Å². The molecule has 2 aromatic carbocycles. The van der Waals surface area contributed by atoms with Crippen LogP contribution in [0.1, 0.15) is 11.1 Å². The van der Waals surface area contributed by atoms with Gasteiger partial charge in [0.05, 0.1) is 6.61 Å². The fourth-order valence-electron chi connectivity index (χ4n) is 2.97. The molecule has 0 atom stereocenters. The molecule has 0 unspecified atom stereocenters. The van der Waals surface area contributed by atoms with E-state index >= 15 is 0 Å². The Morgan fingerprint density at radius 1 is 0.957 bits per heavy atom. The summed E-state index contributed by atoms with van der Waals surface area (Å²) in [6.45, 7) is 4.75. The van der Waals surface area contributed by atoms with Crippen molar-refractivity contribution in [3.05, 3.63) is 63.9 Å². The number of aliphatic hydroxyl groups is 1. The highest BCUT2D eigenvalue weighted by Crippen LogP contribution is 2.20. The summed E-state index contributed by atoms with van der Waals surface area (Å²) in [6, 6.07) is 12.8. The Labute approximate surface area is 144 Å². The van der Waals surface area contributed by atoms with E-state index in [1.807, 2.05) is 18.2 Å². The van der Waals surface area contributed by atoms with Gasteiger partial charge in [-0.2, -0.15) is 0 Å². The van der Waals surface area contributed by atoms with Crippen LogP contribution < -0.4 is 4.90 Å². The first-order chi connectivity index (χ1) is 11.1. The van der Waals surface area contributed by atoms with E-state index in [0.717, 1.165) is 48.4 Å². The second kappa shape index (κ2) is 7.43. The van der Waals surface area contributed by atoms with E-state index in [2.05, 4.69) is 37.9 Å². The Balaban J connectivity index is 1.59. The summed E-state index contributed by atoms with van der Waals surface area (Å²) >= 11 is 3.50. The lowest BCUT2D eigenvalue weighted by molar-refractivity contribution is 0.249. The fourth-order valence-corrected chi connectivity index (χ4v) is 3.56. The maximum absolute atomic E-state index is 13.0. The number of aliphatic hydroxyl groups excluding tert-OH is 1. The minimum absolute atomic E-state index is 0.0603. The summed E-state index contributed by atoms with van der Waals surface area (Å²) in [4.78, 5) is 4.69. The van der Waals surface area contributed by atoms with Gasteiger partial charge in [-0.1, -0.05) is 22.0 Å². The molecule has 122 valence electrons. The zero-order valence-electron chi connectivity index (χ0n) is 12.9. The Hall–Kier alpha value is -1.43. The first kappa shape index (κ1) is 16.4. The van der Waals surface area contributed by atoms with Crippen molar-refractivity contribution >= 4 is 21.6 Å². The van der Waals surface area contributed by atoms with Crippen LogP contribution in [0.4, 0.5) is 10.1 Å². The van der Waals surface area contributed by atoms with Gasteiger partial charge in [-0.15, -0.1) is 0 Å². The Bertz CT molecular complexity index is 655. The van der Waals surface area contributed by atoms with Gasteiger partial charge >= 0.3 is 0 Å². The largest absolute Gasteiger partial charge is 0.392 e. The van der Waals surface area contributed by atoms with Gasteiger partial charge in [0.1, 0.15) is 5.82 Å². The third-order valence-corrected chi connectivity index (χ3v) is 4.63. The van der Waals surface area contributed by atoms with Crippen molar-refractivity contribution < 1.29 is 9.50 Å². The van der Waals surface area contributed by atoms with Gasteiger partial charge in [0.15, 0.2) is 0 Å². The van der Waals surface area contributed by atoms with Crippen LogP contribution in [0.2, 0.25) is 0 Å². The van der Waals surface area contributed by atoms with E-state index in [1.165, 1.54) is 17.7 Å². The van der Waals surface area contributed by atoms with E-state index in [4.69, 9.17) is 0 Å². The third kappa shape index (κ3) is 4.31. The summed E-state index contributed by atoms with van der Waals surface area (Å²) < 4.78 is 14.0. The van der Waals surface area contributed by atoms with Crippen LogP contribution in [0.15, 0.2) is 46.9 Å². The number of hydrogen-bond acceptors (Lipinski definition) is 3. The molecule has 5 heteroatoms. The lowest BCUT2D eigenvalue weighted by atomic mass is 10.1. The number of nitrogens with zero attached hydrogens (tertiary/aromatic N) is 2. The van der Waals surface area contributed by atoms with E-state index < -0.39 is 0 Å². The van der Waals surface area contributed by atoms with Crippen LogP contribution >= 0.6 is 15.9 Å². The summed E-state index contributed by atoms with van der Waals surface area (Å²) in [5.41, 5.74) is 3.22. The molecule has 1 saturated heterocycles. The van der Waals surface area contributed by atoms with Crippen molar-refractivity contribution in [1.82, 2.24) is 4.90 Å². The summed E-state index contributed by atoms with van der Waals surface area (Å²) in [5.74, 6) is -0.193. The Morgan fingerprint density at radius 3 is 2.26 bits per heavy atom. The predicted octanol–water partition coefficient (Wildman–Crippen LogP) is 3.40. The van der Waals surface area contributed by atoms with Crippen molar-refractivity contribution in [2.45, 2.75) is 13.2 Å². The van der Waals surface area contributed by atoms with E-state index in [1.54, 1.807) is 0 Å². The lowest BCUT2D eigenvalue weighted by Gasteiger charge is -2.36. The number of halogens is 2. The molecular formula is C18H20BrFN2O. The molecule has 0 amide bonds. The molecule has 1 heterocycles. The Morgan fingerprint density at radius 2 is 1.61 bits per heavy atom. The minimum atomic E-state index is -0.193. The van der Waals surface area contributed by atoms with E-state index in [9.17, 15) is 9.50 Å². The van der Waals surface area contributed by atoms with Crippen molar-refractivity contribution in [1.29, 1.82) is 0 Å². The molecule has 0 spiro atoms. The first-order valence-electron chi connectivity index (χ1n) is 7.76. The third-order valence-electron chi connectivity index (χ3n) is 4.17. The second-order valence-electron chi connectivity index (χ2n) is 5.87. The SMILES string of the molecule is OCc1cc(Br)cc(CN2CCN(c3ccc(F)cc3)CC2)c1. The van der Waals surface area contributed by atoms with Crippen molar-refractivity contribution in [3.63, 3.8) is 0 Å². The smallest absolute Gasteiger partial charge is 0.123 e. The average molecular weight is 379 g/mol. The molecule has 0 aliphatic carbocycles. The molecule has 0 bridgehead atoms. The van der Waals surface area contributed by atoms with Crippen LogP contribution in [0.5, 0.6) is 0 Å². The van der Waals surface area contributed by atoms with Gasteiger partial charge < -0.3 is 10.0 Å². The molecule has 1 N–H and O–H groups in total. The molecule has 1 aliphatic heterocycles. The number of anilines is 1. The summed E-state index contributed by atoms with van der Waals surface area (Å²) in [5, 5.41) is 9.30. The molecule has 1 fully saturated rings. The van der Waals surface area contributed by atoms with Crippen LogP contribution in [0.3, 0.4) is 0 Å². The van der Waals surface area contributed by atoms with Gasteiger partial charge in [-0.3, -0.25) is 4.90 Å². The maximum atomic E-state index is 13.0. The normalized spacial score (nSPS) is 15.9. The second-order valence-corrected chi connectivity index (χ2v) is 6.78. The molecule has 0 aromatic heterocycles. The molecule has 1 aliphatic rings. The number of benzene rings is 2. The molecule has 2 aromatic rings. The van der Waals surface area contributed by atoms with Gasteiger partial charge in [0, 0.05) is 42.9 Å². The van der Waals surface area contributed by atoms with Gasteiger partial charge in [0.25, 0.3) is 0 Å². The monoisotopic (exact) mass is 378 g/mol. The highest BCUT2D eigenvalue weighted by Gasteiger charge is 2.17. The van der Waals surface area contributed by atoms with Crippen molar-refractivity contribution in [2.24, 2.45) is 0 Å². The van der Waals surface area contributed by atoms with E-state index in [-0.39, 0.29) is 12.4 Å². The summed E-state index contributed by atoms with van der Waals surface area (Å²) in [6.07, 6.45) is 0. The average Bonchev–Trinajstić information content (AvgIpc) is 2.56. The standard InChI is InChI=1S/C18H20BrFN2O/c19-16-10-14(9-15(11-16)13-23)12-21-5-7-22(8-6-21)18-3-1-17(20)2-4-18/h1-4,9-11,23H,5-8,12-13H2. The minimum Gasteiger partial charge on any atom is -0.392 e. The van der Waals surface area contributed by atoms with Gasteiger partial charge in [-0.05, 0) is 47.5 Å². The van der Waals surface area contributed by atoms with Crippen LogP contribution in [-0.4, -0.2) is 36.2 Å². The quantitative estimate of drug-likeness (QED) is 0.882. The number of piperazine rings is 1. The highest BCUT2D eigenvalue weighted by atomic mass is 79.9. The maximum Gasteiger partial charge on any atom is 0.123 e. The molecule has 3 rings (SSSR count). The molecule has 0 radical (unpaired) electrons. The summed E-state index contributed by atoms with van der Waals surface area (Å²) in [7, 11) is 0. The fraction of sp³-hybridized carbons (Fsp3) is 0.333. The molecule has 3 nitrogen and oxygen atoms in total. The van der Waals surface area contributed by atoms with Crippen molar-refractivity contribution in [2.75, 3.05) is 31.1 Å². The zero-order valence-corrected chi connectivity index (χ0v) is 14.5. The first-order valence-corrected chi connectivity index (χ1v) is 8.55. The Kier molecular flexibility index (Phi) is 5.30. The number of hydrogen-bond donors (Lipinski definition) is 1.